The minimum Gasteiger partial charge on any atom is -0.333 e. The number of carbonyl (C=O) groups is 3. The number of carbonyl (C=O) groups excluding carboxylic acids is 3. The lowest BCUT2D eigenvalue weighted by molar-refractivity contribution is -0.135. The molecule has 4 rings (SSSR count). The van der Waals surface area contributed by atoms with Crippen molar-refractivity contribution in [2.24, 2.45) is 0 Å². The number of benzene rings is 1. The third kappa shape index (κ3) is 4.72. The van der Waals surface area contributed by atoms with Gasteiger partial charge in [0.25, 0.3) is 5.56 Å². The predicted molar refractivity (Wildman–Crippen MR) is 131 cm³/mol. The number of hydrogen-bond donors (Lipinski definition) is 3. The van der Waals surface area contributed by atoms with Crippen LogP contribution >= 0.6 is 11.3 Å². The van der Waals surface area contributed by atoms with E-state index in [4.69, 9.17) is 0 Å². The Balaban J connectivity index is 1.51. The Morgan fingerprint density at radius 3 is 2.74 bits per heavy atom. The molecule has 1 saturated heterocycles. The van der Waals surface area contributed by atoms with E-state index in [2.05, 4.69) is 41.7 Å². The van der Waals surface area contributed by atoms with Gasteiger partial charge in [-0.3, -0.25) is 24.3 Å². The highest BCUT2D eigenvalue weighted by molar-refractivity contribution is 7.11. The highest BCUT2D eigenvalue weighted by atomic mass is 32.1. The summed E-state index contributed by atoms with van der Waals surface area (Å²) in [6.45, 7) is 8.19. The van der Waals surface area contributed by atoms with Crippen LogP contribution in [0.3, 0.4) is 0 Å². The maximum absolute atomic E-state index is 13.1. The van der Waals surface area contributed by atoms with Crippen LogP contribution in [0.1, 0.15) is 55.9 Å². The maximum atomic E-state index is 13.1. The number of hydrogen-bond acceptors (Lipinski definition) is 6. The van der Waals surface area contributed by atoms with Crippen molar-refractivity contribution in [2.45, 2.75) is 58.5 Å². The number of piperidine rings is 1. The second-order valence-electron chi connectivity index (χ2n) is 9.36. The zero-order valence-corrected chi connectivity index (χ0v) is 20.3. The van der Waals surface area contributed by atoms with Crippen LogP contribution in [-0.2, 0) is 21.5 Å². The molecule has 1 atom stereocenters. The molecule has 3 aromatic rings. The van der Waals surface area contributed by atoms with Crippen LogP contribution in [0, 0.1) is 6.92 Å². The molecule has 1 unspecified atom stereocenters. The summed E-state index contributed by atoms with van der Waals surface area (Å²) in [6.07, 6.45) is 0.431. The van der Waals surface area contributed by atoms with Crippen molar-refractivity contribution in [3.8, 4) is 0 Å². The van der Waals surface area contributed by atoms with E-state index < -0.39 is 11.9 Å². The molecule has 3 N–H and O–H groups in total. The number of aromatic nitrogens is 2. The fraction of sp³-hybridized carbons (Fsp3) is 0.375. The molecular formula is C24H27N5O4S. The molecular weight excluding hydrogens is 454 g/mol. The fourth-order valence-electron chi connectivity index (χ4n) is 3.98. The minimum absolute atomic E-state index is 0.0334. The number of urea groups is 1. The molecule has 0 radical (unpaired) electrons. The van der Waals surface area contributed by atoms with Gasteiger partial charge < -0.3 is 10.6 Å². The quantitative estimate of drug-likeness (QED) is 0.493. The number of rotatable bonds is 4. The summed E-state index contributed by atoms with van der Waals surface area (Å²) in [5.41, 5.74) is 1.95. The largest absolute Gasteiger partial charge is 0.333 e. The molecule has 0 spiro atoms. The van der Waals surface area contributed by atoms with E-state index >= 15 is 0 Å². The van der Waals surface area contributed by atoms with Crippen molar-refractivity contribution in [1.29, 1.82) is 0 Å². The smallest absolute Gasteiger partial charge is 0.319 e. The van der Waals surface area contributed by atoms with Crippen LogP contribution in [-0.4, -0.2) is 27.4 Å². The average molecular weight is 482 g/mol. The standard InChI is InChI=1S/C24H27N5O4S/c1-13-26-20-16(22(32)29(13)17-8-9-19(30)28-21(17)31)12-34-18(20)11-25-23(33)27-15-7-5-6-14(10-15)24(2,3)4/h5-7,10,12,17H,8-9,11H2,1-4H3,(H2,25,27,33)(H,28,30,31). The lowest BCUT2D eigenvalue weighted by Gasteiger charge is -2.24. The Bertz CT molecular complexity index is 1350. The molecule has 0 aliphatic carbocycles. The number of aryl methyl sites for hydroxylation is 1. The summed E-state index contributed by atoms with van der Waals surface area (Å²) in [5, 5.41) is 10.0. The molecule has 3 heterocycles. The van der Waals surface area contributed by atoms with E-state index in [1.165, 1.54) is 15.9 Å². The van der Waals surface area contributed by atoms with Crippen LogP contribution in [0.5, 0.6) is 0 Å². The number of fused-ring (bicyclic) bond motifs is 1. The number of nitrogens with zero attached hydrogens (tertiary/aromatic N) is 2. The zero-order valence-electron chi connectivity index (χ0n) is 19.5. The molecule has 4 amide bonds. The molecule has 34 heavy (non-hydrogen) atoms. The number of imide groups is 1. The molecule has 0 saturated carbocycles. The van der Waals surface area contributed by atoms with Gasteiger partial charge in [0.1, 0.15) is 11.9 Å². The first kappa shape index (κ1) is 23.6. The van der Waals surface area contributed by atoms with Gasteiger partial charge in [-0.15, -0.1) is 11.3 Å². The van der Waals surface area contributed by atoms with Gasteiger partial charge in [0.05, 0.1) is 22.3 Å². The summed E-state index contributed by atoms with van der Waals surface area (Å²) in [5.74, 6) is -0.449. The van der Waals surface area contributed by atoms with Crippen LogP contribution in [0.25, 0.3) is 10.9 Å². The summed E-state index contributed by atoms with van der Waals surface area (Å²) >= 11 is 1.32. The Hall–Kier alpha value is -3.53. The molecule has 178 valence electrons. The zero-order chi connectivity index (χ0) is 24.6. The molecule has 1 aliphatic heterocycles. The number of nitrogens with one attached hydrogen (secondary N) is 3. The van der Waals surface area contributed by atoms with Gasteiger partial charge in [-0.1, -0.05) is 32.9 Å². The van der Waals surface area contributed by atoms with Gasteiger partial charge in [-0.2, -0.15) is 0 Å². The van der Waals surface area contributed by atoms with Gasteiger partial charge >= 0.3 is 6.03 Å². The normalized spacial score (nSPS) is 16.4. The van der Waals surface area contributed by atoms with Gasteiger partial charge in [0.2, 0.25) is 11.8 Å². The highest BCUT2D eigenvalue weighted by Gasteiger charge is 2.31. The van der Waals surface area contributed by atoms with E-state index in [1.807, 2.05) is 24.3 Å². The molecule has 1 aliphatic rings. The maximum Gasteiger partial charge on any atom is 0.319 e. The minimum atomic E-state index is -0.766. The fourth-order valence-corrected chi connectivity index (χ4v) is 4.87. The van der Waals surface area contributed by atoms with E-state index in [9.17, 15) is 19.2 Å². The number of anilines is 1. The third-order valence-corrected chi connectivity index (χ3v) is 6.80. The van der Waals surface area contributed by atoms with Gasteiger partial charge in [-0.25, -0.2) is 9.78 Å². The van der Waals surface area contributed by atoms with E-state index in [0.717, 1.165) is 10.4 Å². The van der Waals surface area contributed by atoms with Crippen molar-refractivity contribution in [2.75, 3.05) is 5.32 Å². The highest BCUT2D eigenvalue weighted by Crippen LogP contribution is 2.26. The monoisotopic (exact) mass is 481 g/mol. The Morgan fingerprint density at radius 1 is 1.26 bits per heavy atom. The van der Waals surface area contributed by atoms with E-state index in [-0.39, 0.29) is 42.3 Å². The first-order chi connectivity index (χ1) is 16.0. The number of amides is 4. The number of thiophene rings is 1. The lowest BCUT2D eigenvalue weighted by Crippen LogP contribution is -2.45. The van der Waals surface area contributed by atoms with Crippen LogP contribution in [0.2, 0.25) is 0 Å². The summed E-state index contributed by atoms with van der Waals surface area (Å²) in [7, 11) is 0. The topological polar surface area (TPSA) is 122 Å². The lowest BCUT2D eigenvalue weighted by atomic mass is 9.87. The Labute approximate surface area is 200 Å². The third-order valence-electron chi connectivity index (χ3n) is 5.83. The van der Waals surface area contributed by atoms with Gasteiger partial charge in [0, 0.05) is 17.5 Å². The molecule has 0 bridgehead atoms. The van der Waals surface area contributed by atoms with Crippen molar-refractivity contribution in [3.05, 3.63) is 56.3 Å². The van der Waals surface area contributed by atoms with Crippen LogP contribution < -0.4 is 21.5 Å². The van der Waals surface area contributed by atoms with Crippen molar-refractivity contribution >= 4 is 45.8 Å². The predicted octanol–water partition coefficient (Wildman–Crippen LogP) is 3.36. The summed E-state index contributed by atoms with van der Waals surface area (Å²) < 4.78 is 1.35. The van der Waals surface area contributed by atoms with Crippen LogP contribution in [0.15, 0.2) is 34.4 Å². The van der Waals surface area contributed by atoms with E-state index in [1.54, 1.807) is 12.3 Å². The second kappa shape index (κ2) is 9.02. The van der Waals surface area contributed by atoms with Gasteiger partial charge in [0.15, 0.2) is 0 Å². The SMILES string of the molecule is Cc1nc2c(CNC(=O)Nc3cccc(C(C)(C)C)c3)scc2c(=O)n1C1CCC(=O)NC1=O. The van der Waals surface area contributed by atoms with Crippen molar-refractivity contribution in [1.82, 2.24) is 20.2 Å². The van der Waals surface area contributed by atoms with Crippen molar-refractivity contribution in [3.63, 3.8) is 0 Å². The second-order valence-corrected chi connectivity index (χ2v) is 10.3. The summed E-state index contributed by atoms with van der Waals surface area (Å²) in [6, 6.07) is 6.58. The Kier molecular flexibility index (Phi) is 6.26. The first-order valence-corrected chi connectivity index (χ1v) is 11.9. The molecule has 1 aromatic carbocycles. The first-order valence-electron chi connectivity index (χ1n) is 11.0. The van der Waals surface area contributed by atoms with E-state index in [0.29, 0.717) is 22.4 Å². The molecule has 2 aromatic heterocycles. The van der Waals surface area contributed by atoms with Gasteiger partial charge in [-0.05, 0) is 36.5 Å². The molecule has 9 nitrogen and oxygen atoms in total. The van der Waals surface area contributed by atoms with Crippen molar-refractivity contribution < 1.29 is 14.4 Å². The molecule has 1 fully saturated rings. The Morgan fingerprint density at radius 2 is 2.03 bits per heavy atom. The summed E-state index contributed by atoms with van der Waals surface area (Å²) in [4.78, 5) is 54.7. The van der Waals surface area contributed by atoms with Crippen LogP contribution in [0.4, 0.5) is 10.5 Å². The average Bonchev–Trinajstić information content (AvgIpc) is 3.16. The molecule has 10 heteroatoms.